The van der Waals surface area contributed by atoms with Crippen molar-refractivity contribution in [2.24, 2.45) is 0 Å². The fourth-order valence-corrected chi connectivity index (χ4v) is 3.04. The molecule has 1 saturated heterocycles. The number of ether oxygens (including phenoxy) is 1. The zero-order chi connectivity index (χ0) is 15.3. The van der Waals surface area contributed by atoms with Gasteiger partial charge in [0.15, 0.2) is 0 Å². The molecular formula is C16H23FN2O2. The number of carbonyl (C=O) groups is 1. The molecular weight excluding hydrogens is 271 g/mol. The monoisotopic (exact) mass is 294 g/mol. The molecule has 116 valence electrons. The van der Waals surface area contributed by atoms with Gasteiger partial charge in [-0.3, -0.25) is 4.90 Å². The van der Waals surface area contributed by atoms with Crippen LogP contribution in [0.1, 0.15) is 25.8 Å². The molecule has 1 fully saturated rings. The minimum absolute atomic E-state index is 0.292. The van der Waals surface area contributed by atoms with Crippen molar-refractivity contribution >= 4 is 5.97 Å². The Balaban J connectivity index is 2.47. The molecule has 1 aromatic carbocycles. The minimum atomic E-state index is -0.903. The largest absolute Gasteiger partial charge is 0.464 e. The van der Waals surface area contributed by atoms with Crippen molar-refractivity contribution in [2.45, 2.75) is 25.8 Å². The van der Waals surface area contributed by atoms with Gasteiger partial charge in [-0.2, -0.15) is 0 Å². The predicted octanol–water partition coefficient (Wildman–Crippen LogP) is 1.90. The van der Waals surface area contributed by atoms with Gasteiger partial charge in [0.1, 0.15) is 11.4 Å². The van der Waals surface area contributed by atoms with Crippen molar-refractivity contribution in [3.05, 3.63) is 35.6 Å². The third kappa shape index (κ3) is 3.09. The summed E-state index contributed by atoms with van der Waals surface area (Å²) in [6.07, 6.45) is 0.551. The van der Waals surface area contributed by atoms with E-state index in [-0.39, 0.29) is 11.8 Å². The zero-order valence-corrected chi connectivity index (χ0v) is 12.7. The van der Waals surface area contributed by atoms with Crippen LogP contribution >= 0.6 is 0 Å². The zero-order valence-electron chi connectivity index (χ0n) is 12.7. The van der Waals surface area contributed by atoms with Crippen LogP contribution < -0.4 is 5.32 Å². The first-order valence-corrected chi connectivity index (χ1v) is 7.54. The van der Waals surface area contributed by atoms with E-state index < -0.39 is 5.54 Å². The van der Waals surface area contributed by atoms with Crippen LogP contribution in [0.25, 0.3) is 0 Å². The van der Waals surface area contributed by atoms with Crippen LogP contribution in [0, 0.1) is 5.82 Å². The molecule has 0 aromatic heterocycles. The number of esters is 1. The molecule has 2 rings (SSSR count). The lowest BCUT2D eigenvalue weighted by atomic mass is 9.84. The summed E-state index contributed by atoms with van der Waals surface area (Å²) < 4.78 is 19.0. The molecule has 21 heavy (non-hydrogen) atoms. The molecule has 5 heteroatoms. The quantitative estimate of drug-likeness (QED) is 0.842. The topological polar surface area (TPSA) is 41.6 Å². The molecule has 1 heterocycles. The number of carbonyl (C=O) groups excluding carboxylic acids is 1. The number of nitrogens with zero attached hydrogens (tertiary/aromatic N) is 1. The Labute approximate surface area is 125 Å². The number of benzene rings is 1. The molecule has 0 aliphatic carbocycles. The minimum Gasteiger partial charge on any atom is -0.464 e. The molecule has 1 aliphatic heterocycles. The van der Waals surface area contributed by atoms with Crippen molar-refractivity contribution < 1.29 is 13.9 Å². The summed E-state index contributed by atoms with van der Waals surface area (Å²) in [6.45, 7) is 7.17. The lowest BCUT2D eigenvalue weighted by molar-refractivity contribution is -0.160. The van der Waals surface area contributed by atoms with E-state index in [1.165, 1.54) is 12.1 Å². The number of halogens is 1. The third-order valence-corrected chi connectivity index (χ3v) is 4.08. The van der Waals surface area contributed by atoms with Crippen LogP contribution in [0.5, 0.6) is 0 Å². The van der Waals surface area contributed by atoms with Crippen molar-refractivity contribution in [2.75, 3.05) is 32.8 Å². The van der Waals surface area contributed by atoms with E-state index >= 15 is 0 Å². The lowest BCUT2D eigenvalue weighted by Crippen LogP contribution is -2.58. The molecule has 0 spiro atoms. The molecule has 1 aliphatic rings. The van der Waals surface area contributed by atoms with Gasteiger partial charge in [0.05, 0.1) is 6.61 Å². The van der Waals surface area contributed by atoms with Gasteiger partial charge in [-0.25, -0.2) is 9.18 Å². The first-order chi connectivity index (χ1) is 10.1. The first kappa shape index (κ1) is 15.9. The van der Waals surface area contributed by atoms with Crippen LogP contribution in [0.4, 0.5) is 4.39 Å². The van der Waals surface area contributed by atoms with Crippen molar-refractivity contribution in [3.8, 4) is 0 Å². The fraction of sp³-hybridized carbons (Fsp3) is 0.562. The maximum Gasteiger partial charge on any atom is 0.331 e. The smallest absolute Gasteiger partial charge is 0.331 e. The Morgan fingerprint density at radius 3 is 2.67 bits per heavy atom. The van der Waals surface area contributed by atoms with E-state index in [9.17, 15) is 9.18 Å². The van der Waals surface area contributed by atoms with Crippen LogP contribution in [-0.4, -0.2) is 43.7 Å². The van der Waals surface area contributed by atoms with Crippen LogP contribution in [0.2, 0.25) is 0 Å². The highest BCUT2D eigenvalue weighted by molar-refractivity contribution is 5.82. The average molecular weight is 294 g/mol. The van der Waals surface area contributed by atoms with Crippen molar-refractivity contribution in [1.29, 1.82) is 0 Å². The highest BCUT2D eigenvalue weighted by Crippen LogP contribution is 2.34. The van der Waals surface area contributed by atoms with E-state index in [0.29, 0.717) is 18.6 Å². The van der Waals surface area contributed by atoms with E-state index in [0.717, 1.165) is 26.2 Å². The molecule has 1 unspecified atom stereocenters. The standard InChI is InChI=1S/C16H23FN2O2/c1-3-16(15(20)21-4-2,19-10-8-18-9-11-19)13-6-5-7-14(17)12-13/h5-7,12,18H,3-4,8-11H2,1-2H3. The number of piperazine rings is 1. The number of rotatable bonds is 5. The van der Waals surface area contributed by atoms with Crippen LogP contribution in [0.3, 0.4) is 0 Å². The van der Waals surface area contributed by atoms with Gasteiger partial charge in [-0.1, -0.05) is 19.1 Å². The second-order valence-electron chi connectivity index (χ2n) is 5.18. The summed E-state index contributed by atoms with van der Waals surface area (Å²) in [4.78, 5) is 14.8. The Hall–Kier alpha value is -1.46. The molecule has 0 bridgehead atoms. The SMILES string of the molecule is CCOC(=O)C(CC)(c1cccc(F)c1)N1CCNCC1. The molecule has 1 aromatic rings. The fourth-order valence-electron chi connectivity index (χ4n) is 3.04. The molecule has 1 atom stereocenters. The maximum atomic E-state index is 13.7. The maximum absolute atomic E-state index is 13.7. The number of hydrogen-bond acceptors (Lipinski definition) is 4. The average Bonchev–Trinajstić information content (AvgIpc) is 2.50. The molecule has 1 N–H and O–H groups in total. The second-order valence-corrected chi connectivity index (χ2v) is 5.18. The van der Waals surface area contributed by atoms with Gasteiger partial charge >= 0.3 is 5.97 Å². The van der Waals surface area contributed by atoms with E-state index in [4.69, 9.17) is 4.74 Å². The van der Waals surface area contributed by atoms with Gasteiger partial charge in [-0.05, 0) is 31.0 Å². The van der Waals surface area contributed by atoms with Crippen molar-refractivity contribution in [3.63, 3.8) is 0 Å². The molecule has 0 saturated carbocycles. The van der Waals surface area contributed by atoms with Gasteiger partial charge in [0.25, 0.3) is 0 Å². The first-order valence-electron chi connectivity index (χ1n) is 7.54. The number of hydrogen-bond donors (Lipinski definition) is 1. The van der Waals surface area contributed by atoms with Gasteiger partial charge in [-0.15, -0.1) is 0 Å². The molecule has 0 amide bonds. The summed E-state index contributed by atoms with van der Waals surface area (Å²) in [6, 6.07) is 6.30. The summed E-state index contributed by atoms with van der Waals surface area (Å²) in [5, 5.41) is 3.28. The predicted molar refractivity (Wildman–Crippen MR) is 79.4 cm³/mol. The Morgan fingerprint density at radius 2 is 2.10 bits per heavy atom. The van der Waals surface area contributed by atoms with Crippen LogP contribution in [-0.2, 0) is 15.1 Å². The summed E-state index contributed by atoms with van der Waals surface area (Å²) in [7, 11) is 0. The summed E-state index contributed by atoms with van der Waals surface area (Å²) >= 11 is 0. The third-order valence-electron chi connectivity index (χ3n) is 4.08. The van der Waals surface area contributed by atoms with E-state index in [1.54, 1.807) is 13.0 Å². The van der Waals surface area contributed by atoms with Crippen molar-refractivity contribution in [1.82, 2.24) is 10.2 Å². The van der Waals surface area contributed by atoms with Gasteiger partial charge in [0, 0.05) is 26.2 Å². The molecule has 0 radical (unpaired) electrons. The normalized spacial score (nSPS) is 19.0. The summed E-state index contributed by atoms with van der Waals surface area (Å²) in [5.41, 5.74) is -0.231. The van der Waals surface area contributed by atoms with E-state index in [2.05, 4.69) is 10.2 Å². The van der Waals surface area contributed by atoms with Gasteiger partial charge in [0.2, 0.25) is 0 Å². The van der Waals surface area contributed by atoms with Crippen LogP contribution in [0.15, 0.2) is 24.3 Å². The Kier molecular flexibility index (Phi) is 5.31. The second kappa shape index (κ2) is 7.00. The molecule has 4 nitrogen and oxygen atoms in total. The highest BCUT2D eigenvalue weighted by atomic mass is 19.1. The highest BCUT2D eigenvalue weighted by Gasteiger charge is 2.46. The Bertz CT molecular complexity index is 489. The number of nitrogens with one attached hydrogen (secondary N) is 1. The lowest BCUT2D eigenvalue weighted by Gasteiger charge is -2.43. The van der Waals surface area contributed by atoms with E-state index in [1.807, 2.05) is 13.0 Å². The summed E-state index contributed by atoms with van der Waals surface area (Å²) in [5.74, 6) is -0.621. The Morgan fingerprint density at radius 1 is 1.38 bits per heavy atom. The van der Waals surface area contributed by atoms with Gasteiger partial charge < -0.3 is 10.1 Å².